The molecular formula is C20H25NO4S. The van der Waals surface area contributed by atoms with E-state index in [2.05, 4.69) is 31.3 Å². The predicted molar refractivity (Wildman–Crippen MR) is 102 cm³/mol. The normalized spacial score (nSPS) is 15.3. The average molecular weight is 375 g/mol. The zero-order valence-electron chi connectivity index (χ0n) is 15.4. The molecule has 0 unspecified atom stereocenters. The van der Waals surface area contributed by atoms with E-state index in [1.807, 2.05) is 6.07 Å². The summed E-state index contributed by atoms with van der Waals surface area (Å²) in [6, 6.07) is 12.8. The molecule has 1 aliphatic heterocycles. The third-order valence-corrected chi connectivity index (χ3v) is 5.38. The maximum absolute atomic E-state index is 11.4. The van der Waals surface area contributed by atoms with Crippen molar-refractivity contribution < 1.29 is 17.9 Å². The van der Waals surface area contributed by atoms with E-state index in [4.69, 9.17) is 9.47 Å². The van der Waals surface area contributed by atoms with E-state index in [1.165, 1.54) is 17.4 Å². The summed E-state index contributed by atoms with van der Waals surface area (Å²) in [4.78, 5) is 0.298. The fraction of sp³-hybridized carbons (Fsp3) is 0.400. The van der Waals surface area contributed by atoms with Crippen LogP contribution in [0.3, 0.4) is 0 Å². The highest BCUT2D eigenvalue weighted by Crippen LogP contribution is 2.35. The van der Waals surface area contributed by atoms with E-state index in [0.717, 1.165) is 18.7 Å². The van der Waals surface area contributed by atoms with Crippen LogP contribution < -0.4 is 14.8 Å². The molecule has 0 atom stereocenters. The first-order valence-corrected chi connectivity index (χ1v) is 10.6. The molecule has 0 amide bonds. The third-order valence-electron chi connectivity index (χ3n) is 4.26. The lowest BCUT2D eigenvalue weighted by Gasteiger charge is -2.16. The summed E-state index contributed by atoms with van der Waals surface area (Å²) >= 11 is 0. The average Bonchev–Trinajstić information content (AvgIpc) is 2.87. The Hall–Kier alpha value is -2.05. The molecule has 0 aromatic heterocycles. The SMILES string of the molecule is CC1(C)Cc2cc(CNCCOc3ccc(S(C)(=O)=O)cc3)ccc2O1. The second-order valence-electron chi connectivity index (χ2n) is 7.25. The number of ether oxygens (including phenoxy) is 2. The Bertz CT molecular complexity index is 873. The zero-order valence-corrected chi connectivity index (χ0v) is 16.2. The summed E-state index contributed by atoms with van der Waals surface area (Å²) in [7, 11) is -3.17. The van der Waals surface area contributed by atoms with Crippen molar-refractivity contribution in [2.24, 2.45) is 0 Å². The summed E-state index contributed by atoms with van der Waals surface area (Å²) in [6.07, 6.45) is 2.13. The first-order chi connectivity index (χ1) is 12.2. The molecule has 1 aliphatic rings. The molecule has 0 spiro atoms. The van der Waals surface area contributed by atoms with Crippen molar-refractivity contribution in [3.05, 3.63) is 53.6 Å². The van der Waals surface area contributed by atoms with Gasteiger partial charge in [-0.25, -0.2) is 8.42 Å². The summed E-state index contributed by atoms with van der Waals surface area (Å²) in [5, 5.41) is 3.36. The second kappa shape index (κ2) is 7.29. The number of hydrogen-bond acceptors (Lipinski definition) is 5. The quantitative estimate of drug-likeness (QED) is 0.754. The topological polar surface area (TPSA) is 64.6 Å². The largest absolute Gasteiger partial charge is 0.492 e. The van der Waals surface area contributed by atoms with Crippen LogP contribution in [0, 0.1) is 0 Å². The van der Waals surface area contributed by atoms with Crippen molar-refractivity contribution in [3.63, 3.8) is 0 Å². The maximum atomic E-state index is 11.4. The first kappa shape index (κ1) is 18.7. The molecule has 6 heteroatoms. The van der Waals surface area contributed by atoms with E-state index in [0.29, 0.717) is 23.8 Å². The van der Waals surface area contributed by atoms with Crippen LogP contribution in [0.1, 0.15) is 25.0 Å². The smallest absolute Gasteiger partial charge is 0.175 e. The molecule has 0 radical (unpaired) electrons. The Balaban J connectivity index is 1.43. The molecule has 2 aromatic carbocycles. The van der Waals surface area contributed by atoms with Crippen molar-refractivity contribution >= 4 is 9.84 Å². The van der Waals surface area contributed by atoms with Crippen molar-refractivity contribution in [2.75, 3.05) is 19.4 Å². The van der Waals surface area contributed by atoms with Gasteiger partial charge in [-0.2, -0.15) is 0 Å². The fourth-order valence-corrected chi connectivity index (χ4v) is 3.66. The highest BCUT2D eigenvalue weighted by atomic mass is 32.2. The van der Waals surface area contributed by atoms with Gasteiger partial charge in [-0.1, -0.05) is 12.1 Å². The van der Waals surface area contributed by atoms with Crippen LogP contribution in [0.2, 0.25) is 0 Å². The Kier molecular flexibility index (Phi) is 5.25. The van der Waals surface area contributed by atoms with E-state index in [-0.39, 0.29) is 5.60 Å². The van der Waals surface area contributed by atoms with Gasteiger partial charge < -0.3 is 14.8 Å². The zero-order chi connectivity index (χ0) is 18.8. The summed E-state index contributed by atoms with van der Waals surface area (Å²) < 4.78 is 34.4. The number of rotatable bonds is 7. The number of hydrogen-bond donors (Lipinski definition) is 1. The molecule has 5 nitrogen and oxygen atoms in total. The Morgan fingerprint density at radius 1 is 1.15 bits per heavy atom. The van der Waals surface area contributed by atoms with Gasteiger partial charge in [0.15, 0.2) is 9.84 Å². The molecule has 0 saturated carbocycles. The van der Waals surface area contributed by atoms with E-state index in [9.17, 15) is 8.42 Å². The fourth-order valence-electron chi connectivity index (χ4n) is 3.03. The van der Waals surface area contributed by atoms with Gasteiger partial charge in [-0.3, -0.25) is 0 Å². The molecule has 3 rings (SSSR count). The van der Waals surface area contributed by atoms with Crippen LogP contribution in [0.4, 0.5) is 0 Å². The van der Waals surface area contributed by atoms with Gasteiger partial charge in [0.05, 0.1) is 4.90 Å². The lowest BCUT2D eigenvalue weighted by atomic mass is 10.0. The van der Waals surface area contributed by atoms with Crippen LogP contribution in [0.25, 0.3) is 0 Å². The second-order valence-corrected chi connectivity index (χ2v) is 9.27. The Morgan fingerprint density at radius 2 is 1.88 bits per heavy atom. The molecular weight excluding hydrogens is 350 g/mol. The summed E-state index contributed by atoms with van der Waals surface area (Å²) in [6.45, 7) is 6.19. The molecule has 2 aromatic rings. The van der Waals surface area contributed by atoms with Crippen molar-refractivity contribution in [1.29, 1.82) is 0 Å². The van der Waals surface area contributed by atoms with Crippen LogP contribution in [0.15, 0.2) is 47.4 Å². The maximum Gasteiger partial charge on any atom is 0.175 e. The minimum absolute atomic E-state index is 0.116. The standard InChI is InChI=1S/C20H25NO4S/c1-20(2)13-16-12-15(4-9-19(16)25-20)14-21-10-11-24-17-5-7-18(8-6-17)26(3,22)23/h4-9,12,21H,10-11,13-14H2,1-3H3. The van der Waals surface area contributed by atoms with Crippen LogP contribution in [-0.2, 0) is 22.8 Å². The lowest BCUT2D eigenvalue weighted by molar-refractivity contribution is 0.138. The molecule has 0 aliphatic carbocycles. The van der Waals surface area contributed by atoms with E-state index < -0.39 is 9.84 Å². The number of benzene rings is 2. The molecule has 1 N–H and O–H groups in total. The Morgan fingerprint density at radius 3 is 2.58 bits per heavy atom. The van der Waals surface area contributed by atoms with Crippen LogP contribution in [0.5, 0.6) is 11.5 Å². The highest BCUT2D eigenvalue weighted by Gasteiger charge is 2.29. The lowest BCUT2D eigenvalue weighted by Crippen LogP contribution is -2.24. The van der Waals surface area contributed by atoms with Gasteiger partial charge >= 0.3 is 0 Å². The minimum atomic E-state index is -3.17. The van der Waals surface area contributed by atoms with Gasteiger partial charge in [-0.15, -0.1) is 0 Å². The van der Waals surface area contributed by atoms with Crippen LogP contribution in [-0.4, -0.2) is 33.4 Å². The van der Waals surface area contributed by atoms with Gasteiger partial charge in [-0.05, 0) is 55.3 Å². The predicted octanol–water partition coefficient (Wildman–Crippen LogP) is 2.97. The van der Waals surface area contributed by atoms with Gasteiger partial charge in [0.2, 0.25) is 0 Å². The third kappa shape index (κ3) is 4.77. The number of sulfone groups is 1. The van der Waals surface area contributed by atoms with E-state index in [1.54, 1.807) is 24.3 Å². The number of nitrogens with one attached hydrogen (secondary N) is 1. The van der Waals surface area contributed by atoms with Crippen molar-refractivity contribution in [2.45, 2.75) is 37.3 Å². The van der Waals surface area contributed by atoms with Crippen molar-refractivity contribution in [1.82, 2.24) is 5.32 Å². The molecule has 0 fully saturated rings. The number of fused-ring (bicyclic) bond motifs is 1. The molecule has 0 saturated heterocycles. The molecule has 0 bridgehead atoms. The van der Waals surface area contributed by atoms with E-state index >= 15 is 0 Å². The summed E-state index contributed by atoms with van der Waals surface area (Å²) in [5.74, 6) is 1.65. The highest BCUT2D eigenvalue weighted by molar-refractivity contribution is 7.90. The molecule has 26 heavy (non-hydrogen) atoms. The Labute approximate surface area is 155 Å². The summed E-state index contributed by atoms with van der Waals surface area (Å²) in [5.41, 5.74) is 2.37. The minimum Gasteiger partial charge on any atom is -0.492 e. The monoisotopic (exact) mass is 375 g/mol. The first-order valence-electron chi connectivity index (χ1n) is 8.67. The molecule has 1 heterocycles. The molecule has 140 valence electrons. The van der Waals surface area contributed by atoms with Gasteiger partial charge in [0, 0.05) is 25.8 Å². The van der Waals surface area contributed by atoms with Gasteiger partial charge in [0.1, 0.15) is 23.7 Å². The van der Waals surface area contributed by atoms with Gasteiger partial charge in [0.25, 0.3) is 0 Å². The van der Waals surface area contributed by atoms with Crippen molar-refractivity contribution in [3.8, 4) is 11.5 Å². The van der Waals surface area contributed by atoms with Crippen LogP contribution >= 0.6 is 0 Å².